The van der Waals surface area contributed by atoms with E-state index < -0.39 is 24.3 Å². The van der Waals surface area contributed by atoms with Crippen LogP contribution >= 0.6 is 0 Å². The number of likely N-dealkylation sites (tertiary alicyclic amines) is 2. The first-order valence-electron chi connectivity index (χ1n) is 23.9. The number of nitrogens with zero attached hydrogens (tertiary/aromatic N) is 4. The van der Waals surface area contributed by atoms with E-state index >= 15 is 0 Å². The minimum atomic E-state index is -0.918. The maximum Gasteiger partial charge on any atom is 0.407 e. The number of carbonyl (C=O) groups is 4. The molecule has 0 saturated carbocycles. The first-order valence-corrected chi connectivity index (χ1v) is 23.9. The molecule has 2 aliphatic rings. The van der Waals surface area contributed by atoms with E-state index in [1.807, 2.05) is 96.4 Å². The summed E-state index contributed by atoms with van der Waals surface area (Å²) in [6.45, 7) is 8.38. The van der Waals surface area contributed by atoms with Crippen LogP contribution in [0.3, 0.4) is 0 Å². The molecule has 4 heterocycles. The van der Waals surface area contributed by atoms with Crippen molar-refractivity contribution >= 4 is 56.8 Å². The van der Waals surface area contributed by atoms with Crippen molar-refractivity contribution in [2.45, 2.75) is 76.8 Å². The summed E-state index contributed by atoms with van der Waals surface area (Å²) in [6, 6.07) is 41.2. The fourth-order valence-corrected chi connectivity index (χ4v) is 10.5. The second-order valence-electron chi connectivity index (χ2n) is 18.9. The van der Waals surface area contributed by atoms with Gasteiger partial charge < -0.3 is 39.9 Å². The third-order valence-electron chi connectivity index (χ3n) is 14.7. The van der Waals surface area contributed by atoms with Crippen LogP contribution in [0.25, 0.3) is 55.1 Å². The smallest absolute Gasteiger partial charge is 0.407 e. The minimum absolute atomic E-state index is 0.0926. The lowest BCUT2D eigenvalue weighted by atomic mass is 9.97. The van der Waals surface area contributed by atoms with Crippen LogP contribution in [0.1, 0.15) is 87.5 Å². The van der Waals surface area contributed by atoms with Gasteiger partial charge in [0.1, 0.15) is 23.7 Å². The van der Waals surface area contributed by atoms with Crippen LogP contribution in [0, 0.1) is 11.8 Å². The first-order chi connectivity index (χ1) is 33.9. The van der Waals surface area contributed by atoms with E-state index in [9.17, 15) is 19.2 Å². The molecule has 14 nitrogen and oxygen atoms in total. The highest BCUT2D eigenvalue weighted by atomic mass is 16.5. The Balaban J connectivity index is 0.885. The van der Waals surface area contributed by atoms with Crippen LogP contribution in [0.4, 0.5) is 9.59 Å². The molecule has 0 spiro atoms. The number of nitrogens with one attached hydrogen (secondary N) is 4. The standard InChI is InChI=1S/C56H56N8O6/c1-31-25-47(63(33(31)3)53(65)49(61-55(67)69-5)35-13-9-7-10-14-35)51-57-43-23-21-41(29-45(43)59-51)39-19-17-38-28-40(20-18-37(38)27-39)42-22-24-44-46(30-42)60-52(58-44)48-26-32(2)34(4)64(48)54(66)50(62-56(68)70-6)36-15-11-8-12-16-36/h7-24,27-34,47-50H,25-26H2,1-6H3,(H,57,59)(H,58,60)(H,61,67)(H,62,68)/t31-,32-,33-,34-,47+,48+,49-,50+/m1/s1. The molecule has 8 atom stereocenters. The van der Waals surface area contributed by atoms with E-state index in [-0.39, 0.29) is 47.8 Å². The van der Waals surface area contributed by atoms with Crippen LogP contribution in [0.2, 0.25) is 0 Å². The van der Waals surface area contributed by atoms with Gasteiger partial charge in [0.25, 0.3) is 11.8 Å². The number of rotatable bonds is 10. The number of hydrogen-bond donors (Lipinski definition) is 4. The summed E-state index contributed by atoms with van der Waals surface area (Å²) in [5.74, 6) is 1.38. The Hall–Kier alpha value is -8.00. The minimum Gasteiger partial charge on any atom is -0.453 e. The van der Waals surface area contributed by atoms with Gasteiger partial charge in [0.2, 0.25) is 0 Å². The number of carbonyl (C=O) groups excluding carboxylic acids is 4. The fourth-order valence-electron chi connectivity index (χ4n) is 10.5. The van der Waals surface area contributed by atoms with E-state index in [4.69, 9.17) is 19.4 Å². The predicted octanol–water partition coefficient (Wildman–Crippen LogP) is 10.7. The third-order valence-corrected chi connectivity index (χ3v) is 14.7. The first kappa shape index (κ1) is 45.8. The zero-order valence-corrected chi connectivity index (χ0v) is 40.0. The summed E-state index contributed by atoms with van der Waals surface area (Å²) >= 11 is 0. The molecule has 4 N–H and O–H groups in total. The summed E-state index contributed by atoms with van der Waals surface area (Å²) in [5, 5.41) is 7.73. The number of methoxy groups -OCH3 is 2. The number of aromatic nitrogens is 4. The molecule has 6 aromatic carbocycles. The molecular weight excluding hydrogens is 881 g/mol. The monoisotopic (exact) mass is 936 g/mol. The van der Waals surface area contributed by atoms with Crippen LogP contribution in [-0.2, 0) is 19.1 Å². The predicted molar refractivity (Wildman–Crippen MR) is 269 cm³/mol. The van der Waals surface area contributed by atoms with Crippen molar-refractivity contribution in [2.75, 3.05) is 14.2 Å². The number of fused-ring (bicyclic) bond motifs is 3. The molecule has 8 aromatic rings. The Kier molecular flexibility index (Phi) is 12.3. The molecule has 2 fully saturated rings. The number of ether oxygens (including phenoxy) is 2. The van der Waals surface area contributed by atoms with Crippen LogP contribution in [-0.4, -0.2) is 80.0 Å². The molecule has 14 heteroatoms. The molecule has 356 valence electrons. The van der Waals surface area contributed by atoms with Crippen LogP contribution in [0.5, 0.6) is 0 Å². The molecule has 0 radical (unpaired) electrons. The van der Waals surface area contributed by atoms with Crippen molar-refractivity contribution in [1.29, 1.82) is 0 Å². The van der Waals surface area contributed by atoms with Gasteiger partial charge in [-0.15, -0.1) is 0 Å². The normalized spacial score (nSPS) is 20.9. The number of alkyl carbamates (subject to hydrolysis) is 2. The highest BCUT2D eigenvalue weighted by molar-refractivity contribution is 5.94. The highest BCUT2D eigenvalue weighted by Crippen LogP contribution is 2.43. The van der Waals surface area contributed by atoms with Crippen molar-refractivity contribution < 1.29 is 28.7 Å². The molecule has 4 amide bonds. The molecule has 2 aromatic heterocycles. The van der Waals surface area contributed by atoms with Gasteiger partial charge in [0.05, 0.1) is 48.4 Å². The van der Waals surface area contributed by atoms with E-state index in [2.05, 4.69) is 95.1 Å². The Bertz CT molecular complexity index is 3050. The molecule has 2 saturated heterocycles. The van der Waals surface area contributed by atoms with E-state index in [1.165, 1.54) is 14.2 Å². The van der Waals surface area contributed by atoms with Gasteiger partial charge in [-0.3, -0.25) is 9.59 Å². The van der Waals surface area contributed by atoms with E-state index in [1.54, 1.807) is 0 Å². The lowest BCUT2D eigenvalue weighted by Crippen LogP contribution is -2.46. The van der Waals surface area contributed by atoms with Gasteiger partial charge in [-0.2, -0.15) is 0 Å². The van der Waals surface area contributed by atoms with Crippen molar-refractivity contribution in [3.05, 3.63) is 156 Å². The second kappa shape index (κ2) is 18.8. The summed E-state index contributed by atoms with van der Waals surface area (Å²) < 4.78 is 9.82. The summed E-state index contributed by atoms with van der Waals surface area (Å²) in [6.07, 6.45) is 0.0906. The number of benzene rings is 6. The molecule has 2 aliphatic heterocycles. The fraction of sp³-hybridized carbons (Fsp3) is 0.286. The van der Waals surface area contributed by atoms with Gasteiger partial charge in [-0.25, -0.2) is 19.6 Å². The van der Waals surface area contributed by atoms with Crippen molar-refractivity contribution in [3.8, 4) is 22.3 Å². The van der Waals surface area contributed by atoms with Crippen molar-refractivity contribution in [2.24, 2.45) is 11.8 Å². The number of imidazole rings is 2. The summed E-state index contributed by atoms with van der Waals surface area (Å²) in [7, 11) is 2.58. The van der Waals surface area contributed by atoms with Crippen LogP contribution in [0.15, 0.2) is 133 Å². The molecule has 0 aliphatic carbocycles. The molecule has 0 unspecified atom stereocenters. The van der Waals surface area contributed by atoms with Gasteiger partial charge in [-0.05, 0) is 119 Å². The molecule has 70 heavy (non-hydrogen) atoms. The zero-order chi connectivity index (χ0) is 48.8. The second-order valence-corrected chi connectivity index (χ2v) is 18.9. The van der Waals surface area contributed by atoms with Gasteiger partial charge in [-0.1, -0.05) is 111 Å². The number of hydrogen-bond acceptors (Lipinski definition) is 8. The average molecular weight is 937 g/mol. The molecule has 10 rings (SSSR count). The largest absolute Gasteiger partial charge is 0.453 e. The zero-order valence-electron chi connectivity index (χ0n) is 40.0. The SMILES string of the molecule is COC(=O)N[C@H](C(=O)N1[C@H](C)[C@H](C)C[C@H]1c1nc2ccc(-c3ccc4cc(-c5ccc6nc([C@@H]7C[C@@H](C)[C@@H](C)N7C(=O)[C@H](NC(=O)OC)c7ccccc7)[nH]c6c5)ccc4c3)cc2[nH]1)c1ccccc1. The lowest BCUT2D eigenvalue weighted by Gasteiger charge is -2.32. The number of H-pyrrole nitrogens is 2. The number of aromatic amines is 2. The highest BCUT2D eigenvalue weighted by Gasteiger charge is 2.46. The summed E-state index contributed by atoms with van der Waals surface area (Å²) in [4.78, 5) is 74.6. The maximum absolute atomic E-state index is 14.4. The van der Waals surface area contributed by atoms with Gasteiger partial charge >= 0.3 is 12.2 Å². The Morgan fingerprint density at radius 2 is 0.900 bits per heavy atom. The van der Waals surface area contributed by atoms with Crippen molar-refractivity contribution in [1.82, 2.24) is 40.4 Å². The maximum atomic E-state index is 14.4. The van der Waals surface area contributed by atoms with E-state index in [0.717, 1.165) is 67.9 Å². The molecular formula is C56H56N8O6. The summed E-state index contributed by atoms with van der Waals surface area (Å²) in [5.41, 5.74) is 8.88. The van der Waals surface area contributed by atoms with E-state index in [0.29, 0.717) is 22.8 Å². The lowest BCUT2D eigenvalue weighted by molar-refractivity contribution is -0.137. The number of amides is 4. The molecule has 0 bridgehead atoms. The topological polar surface area (TPSA) is 175 Å². The van der Waals surface area contributed by atoms with Gasteiger partial charge in [0, 0.05) is 12.1 Å². The van der Waals surface area contributed by atoms with Crippen molar-refractivity contribution in [3.63, 3.8) is 0 Å². The van der Waals surface area contributed by atoms with Crippen LogP contribution < -0.4 is 10.6 Å². The Morgan fingerprint density at radius 3 is 1.29 bits per heavy atom. The average Bonchev–Trinajstić information content (AvgIpc) is 4.16. The third kappa shape index (κ3) is 8.58. The van der Waals surface area contributed by atoms with Gasteiger partial charge in [0.15, 0.2) is 0 Å². The Labute approximate surface area is 405 Å². The quantitative estimate of drug-likeness (QED) is 0.105. The Morgan fingerprint density at radius 1 is 0.529 bits per heavy atom.